The van der Waals surface area contributed by atoms with Crippen molar-refractivity contribution < 1.29 is 14.6 Å². The first-order valence-electron chi connectivity index (χ1n) is 6.41. The molecule has 5 nitrogen and oxygen atoms in total. The van der Waals surface area contributed by atoms with Gasteiger partial charge in [-0.3, -0.25) is 0 Å². The van der Waals surface area contributed by atoms with Crippen molar-refractivity contribution in [2.75, 3.05) is 37.9 Å². The van der Waals surface area contributed by atoms with E-state index >= 15 is 0 Å². The molecule has 0 bridgehead atoms. The molecule has 0 aromatic carbocycles. The van der Waals surface area contributed by atoms with Crippen molar-refractivity contribution in [1.82, 2.24) is 4.98 Å². The highest BCUT2D eigenvalue weighted by molar-refractivity contribution is 6.30. The molecular formula is C13H17ClN2O3. The SMILES string of the molecule is C[C@@H]1COCCN1c1cc(Cl)cc(C2(O)COC2)n1. The van der Waals surface area contributed by atoms with Crippen LogP contribution in [0.3, 0.4) is 0 Å². The van der Waals surface area contributed by atoms with E-state index in [0.717, 1.165) is 12.4 Å². The highest BCUT2D eigenvalue weighted by Crippen LogP contribution is 2.32. The summed E-state index contributed by atoms with van der Waals surface area (Å²) in [6.45, 7) is 4.78. The number of aromatic nitrogens is 1. The Hall–Kier alpha value is -0.880. The maximum Gasteiger partial charge on any atom is 0.153 e. The fourth-order valence-corrected chi connectivity index (χ4v) is 2.58. The van der Waals surface area contributed by atoms with Crippen LogP contribution < -0.4 is 4.90 Å². The van der Waals surface area contributed by atoms with E-state index in [9.17, 15) is 5.11 Å². The first-order chi connectivity index (χ1) is 9.08. The summed E-state index contributed by atoms with van der Waals surface area (Å²) in [6, 6.07) is 3.79. The number of ether oxygens (including phenoxy) is 2. The van der Waals surface area contributed by atoms with E-state index in [1.807, 2.05) is 6.07 Å². The second kappa shape index (κ2) is 4.90. The van der Waals surface area contributed by atoms with Gasteiger partial charge in [0.1, 0.15) is 5.82 Å². The largest absolute Gasteiger partial charge is 0.379 e. The number of halogens is 1. The van der Waals surface area contributed by atoms with Crippen molar-refractivity contribution in [3.8, 4) is 0 Å². The molecule has 0 unspecified atom stereocenters. The minimum atomic E-state index is -0.991. The molecule has 2 fully saturated rings. The van der Waals surface area contributed by atoms with Gasteiger partial charge in [0.2, 0.25) is 0 Å². The third-order valence-corrected chi connectivity index (χ3v) is 3.82. The van der Waals surface area contributed by atoms with E-state index in [-0.39, 0.29) is 19.3 Å². The Balaban J connectivity index is 1.93. The molecular weight excluding hydrogens is 268 g/mol. The fraction of sp³-hybridized carbons (Fsp3) is 0.615. The summed E-state index contributed by atoms with van der Waals surface area (Å²) in [5, 5.41) is 10.9. The Morgan fingerprint density at radius 1 is 1.42 bits per heavy atom. The van der Waals surface area contributed by atoms with Crippen molar-refractivity contribution in [3.63, 3.8) is 0 Å². The summed E-state index contributed by atoms with van der Waals surface area (Å²) in [5.41, 5.74) is -0.408. The summed E-state index contributed by atoms with van der Waals surface area (Å²) in [4.78, 5) is 6.71. The zero-order valence-electron chi connectivity index (χ0n) is 10.8. The van der Waals surface area contributed by atoms with Gasteiger partial charge >= 0.3 is 0 Å². The normalized spacial score (nSPS) is 26.1. The standard InChI is InChI=1S/C13H17ClN2O3/c1-9-6-18-3-2-16(9)12-5-10(14)4-11(15-12)13(17)7-19-8-13/h4-5,9,17H,2-3,6-8H2,1H3/t9-/m1/s1. The molecule has 1 atom stereocenters. The molecule has 3 rings (SSSR count). The van der Waals surface area contributed by atoms with Gasteiger partial charge < -0.3 is 19.5 Å². The number of anilines is 1. The second-order valence-corrected chi connectivity index (χ2v) is 5.61. The summed E-state index contributed by atoms with van der Waals surface area (Å²) in [7, 11) is 0. The predicted octanol–water partition coefficient (Wildman–Crippen LogP) is 1.18. The molecule has 1 aromatic heterocycles. The van der Waals surface area contributed by atoms with Gasteiger partial charge in [0, 0.05) is 11.6 Å². The topological polar surface area (TPSA) is 54.8 Å². The Bertz CT molecular complexity index is 479. The minimum absolute atomic E-state index is 0.250. The van der Waals surface area contributed by atoms with Crippen LogP contribution in [0.15, 0.2) is 12.1 Å². The predicted molar refractivity (Wildman–Crippen MR) is 71.6 cm³/mol. The number of morpholine rings is 1. The van der Waals surface area contributed by atoms with Crippen LogP contribution in [0.4, 0.5) is 5.82 Å². The van der Waals surface area contributed by atoms with E-state index < -0.39 is 5.60 Å². The lowest BCUT2D eigenvalue weighted by atomic mass is 9.97. The number of rotatable bonds is 2. The van der Waals surface area contributed by atoms with Crippen LogP contribution in [-0.4, -0.2) is 49.1 Å². The average molecular weight is 285 g/mol. The summed E-state index contributed by atoms with van der Waals surface area (Å²) >= 11 is 6.15. The molecule has 0 spiro atoms. The van der Waals surface area contributed by atoms with Crippen LogP contribution in [-0.2, 0) is 15.1 Å². The highest BCUT2D eigenvalue weighted by Gasteiger charge is 2.40. The molecule has 0 saturated carbocycles. The molecule has 2 aliphatic rings. The molecule has 6 heteroatoms. The van der Waals surface area contributed by atoms with Crippen molar-refractivity contribution in [2.24, 2.45) is 0 Å². The van der Waals surface area contributed by atoms with Crippen molar-refractivity contribution in [2.45, 2.75) is 18.6 Å². The number of pyridine rings is 1. The highest BCUT2D eigenvalue weighted by atomic mass is 35.5. The molecule has 0 aliphatic carbocycles. The molecule has 2 saturated heterocycles. The summed E-state index contributed by atoms with van der Waals surface area (Å²) in [5.74, 6) is 0.790. The van der Waals surface area contributed by atoms with Gasteiger partial charge in [0.25, 0.3) is 0 Å². The Kier molecular flexibility index (Phi) is 3.39. The molecule has 3 heterocycles. The van der Waals surface area contributed by atoms with Gasteiger partial charge in [0.15, 0.2) is 5.60 Å². The van der Waals surface area contributed by atoms with Gasteiger partial charge in [-0.05, 0) is 19.1 Å². The molecule has 104 valence electrons. The Morgan fingerprint density at radius 2 is 2.21 bits per heavy atom. The van der Waals surface area contributed by atoms with Gasteiger partial charge in [-0.2, -0.15) is 0 Å². The van der Waals surface area contributed by atoms with E-state index in [1.54, 1.807) is 6.07 Å². The Labute approximate surface area is 117 Å². The van der Waals surface area contributed by atoms with E-state index in [4.69, 9.17) is 21.1 Å². The van der Waals surface area contributed by atoms with Crippen molar-refractivity contribution in [1.29, 1.82) is 0 Å². The smallest absolute Gasteiger partial charge is 0.153 e. The monoisotopic (exact) mass is 284 g/mol. The summed E-state index contributed by atoms with van der Waals surface area (Å²) in [6.07, 6.45) is 0. The molecule has 2 aliphatic heterocycles. The number of nitrogens with zero attached hydrogens (tertiary/aromatic N) is 2. The minimum Gasteiger partial charge on any atom is -0.379 e. The molecule has 19 heavy (non-hydrogen) atoms. The van der Waals surface area contributed by atoms with Crippen LogP contribution in [0.2, 0.25) is 5.02 Å². The Morgan fingerprint density at radius 3 is 2.84 bits per heavy atom. The third-order valence-electron chi connectivity index (χ3n) is 3.60. The lowest BCUT2D eigenvalue weighted by Crippen LogP contribution is -2.48. The zero-order chi connectivity index (χ0) is 13.5. The average Bonchev–Trinajstić information content (AvgIpc) is 2.35. The van der Waals surface area contributed by atoms with Gasteiger partial charge in [0.05, 0.1) is 38.2 Å². The molecule has 0 amide bonds. The third kappa shape index (κ3) is 2.43. The van der Waals surface area contributed by atoms with Crippen LogP contribution in [0.5, 0.6) is 0 Å². The summed E-state index contributed by atoms with van der Waals surface area (Å²) < 4.78 is 10.5. The molecule has 1 aromatic rings. The lowest BCUT2D eigenvalue weighted by Gasteiger charge is -2.38. The fourth-order valence-electron chi connectivity index (χ4n) is 2.38. The van der Waals surface area contributed by atoms with Crippen LogP contribution >= 0.6 is 11.6 Å². The van der Waals surface area contributed by atoms with Crippen LogP contribution in [0.1, 0.15) is 12.6 Å². The number of aliphatic hydroxyl groups is 1. The second-order valence-electron chi connectivity index (χ2n) is 5.17. The molecule has 0 radical (unpaired) electrons. The van der Waals surface area contributed by atoms with E-state index in [1.165, 1.54) is 0 Å². The quantitative estimate of drug-likeness (QED) is 0.884. The van der Waals surface area contributed by atoms with Crippen molar-refractivity contribution in [3.05, 3.63) is 22.8 Å². The van der Waals surface area contributed by atoms with Gasteiger partial charge in [-0.1, -0.05) is 11.6 Å². The first-order valence-corrected chi connectivity index (χ1v) is 6.79. The van der Waals surface area contributed by atoms with E-state index in [2.05, 4.69) is 16.8 Å². The maximum atomic E-state index is 10.3. The maximum absolute atomic E-state index is 10.3. The number of hydrogen-bond acceptors (Lipinski definition) is 5. The van der Waals surface area contributed by atoms with Crippen molar-refractivity contribution >= 4 is 17.4 Å². The van der Waals surface area contributed by atoms with Gasteiger partial charge in [-0.25, -0.2) is 4.98 Å². The molecule has 1 N–H and O–H groups in total. The van der Waals surface area contributed by atoms with Crippen LogP contribution in [0, 0.1) is 0 Å². The van der Waals surface area contributed by atoms with Gasteiger partial charge in [-0.15, -0.1) is 0 Å². The zero-order valence-corrected chi connectivity index (χ0v) is 11.6. The lowest BCUT2D eigenvalue weighted by molar-refractivity contribution is -0.186. The van der Waals surface area contributed by atoms with E-state index in [0.29, 0.717) is 23.9 Å². The first kappa shape index (κ1) is 13.1. The van der Waals surface area contributed by atoms with Crippen LogP contribution in [0.25, 0.3) is 0 Å². The number of hydrogen-bond donors (Lipinski definition) is 1.